The van der Waals surface area contributed by atoms with Crippen LogP contribution in [-0.4, -0.2) is 39.9 Å². The van der Waals surface area contributed by atoms with Gasteiger partial charge in [0.25, 0.3) is 0 Å². The quantitative estimate of drug-likeness (QED) is 0.801. The van der Waals surface area contributed by atoms with Crippen molar-refractivity contribution in [2.45, 2.75) is 24.5 Å². The minimum atomic E-state index is -0.696. The highest BCUT2D eigenvalue weighted by molar-refractivity contribution is 5.28. The lowest BCUT2D eigenvalue weighted by atomic mass is 9.90. The molecule has 25 heavy (non-hydrogen) atoms. The maximum Gasteiger partial charge on any atom is 0.115 e. The zero-order chi connectivity index (χ0) is 17.4. The fourth-order valence-electron chi connectivity index (χ4n) is 4.63. The van der Waals surface area contributed by atoms with Crippen molar-refractivity contribution in [3.8, 4) is 5.75 Å². The number of aliphatic hydroxyl groups excluding tert-OH is 1. The van der Waals surface area contributed by atoms with Gasteiger partial charge in [-0.1, -0.05) is 42.5 Å². The van der Waals surface area contributed by atoms with Crippen LogP contribution in [0.25, 0.3) is 0 Å². The van der Waals surface area contributed by atoms with Gasteiger partial charge in [-0.05, 0) is 47.9 Å². The van der Waals surface area contributed by atoms with E-state index in [9.17, 15) is 15.3 Å². The summed E-state index contributed by atoms with van der Waals surface area (Å²) in [5.41, 5.74) is 1.16. The molecule has 4 nitrogen and oxygen atoms in total. The summed E-state index contributed by atoms with van der Waals surface area (Å²) in [5, 5.41) is 30.9. The molecule has 4 rings (SSSR count). The lowest BCUT2D eigenvalue weighted by molar-refractivity contribution is 0.0288. The lowest BCUT2D eigenvalue weighted by Gasteiger charge is -2.27. The normalized spacial score (nSPS) is 30.3. The molecule has 1 aliphatic carbocycles. The number of rotatable bonds is 4. The second kappa shape index (κ2) is 6.45. The number of fused-ring (bicyclic) bond motifs is 1. The van der Waals surface area contributed by atoms with Gasteiger partial charge in [0.1, 0.15) is 5.75 Å². The van der Waals surface area contributed by atoms with E-state index in [-0.39, 0.29) is 5.75 Å². The molecule has 0 spiro atoms. The van der Waals surface area contributed by atoms with E-state index in [0.29, 0.717) is 18.4 Å². The standard InChI is InChI=1S/C21H25NO3/c23-19-8-6-15(7-9-19)20(24)14-22-12-16-10-21(25,11-17(16)13-22)18-4-2-1-3-5-18/h1-9,16-17,20,23-25H,10-14H2. The smallest absolute Gasteiger partial charge is 0.115 e. The van der Waals surface area contributed by atoms with Gasteiger partial charge in [-0.3, -0.25) is 4.90 Å². The Morgan fingerprint density at radius 2 is 1.56 bits per heavy atom. The number of phenols is 1. The second-order valence-corrected chi connectivity index (χ2v) is 7.65. The minimum absolute atomic E-state index is 0.215. The van der Waals surface area contributed by atoms with Crippen molar-refractivity contribution in [3.63, 3.8) is 0 Å². The molecule has 3 unspecified atom stereocenters. The third-order valence-electron chi connectivity index (χ3n) is 5.87. The molecule has 2 aromatic carbocycles. The number of nitrogens with zero attached hydrogens (tertiary/aromatic N) is 1. The van der Waals surface area contributed by atoms with Crippen LogP contribution in [-0.2, 0) is 5.60 Å². The average Bonchev–Trinajstić information content (AvgIpc) is 3.11. The highest BCUT2D eigenvalue weighted by Crippen LogP contribution is 2.49. The van der Waals surface area contributed by atoms with Crippen molar-refractivity contribution in [2.24, 2.45) is 11.8 Å². The topological polar surface area (TPSA) is 63.9 Å². The number of likely N-dealkylation sites (tertiary alicyclic amines) is 1. The van der Waals surface area contributed by atoms with Crippen LogP contribution in [0.15, 0.2) is 54.6 Å². The Morgan fingerprint density at radius 1 is 0.960 bits per heavy atom. The van der Waals surface area contributed by atoms with Gasteiger partial charge in [-0.25, -0.2) is 0 Å². The van der Waals surface area contributed by atoms with Gasteiger partial charge in [0.05, 0.1) is 11.7 Å². The Bertz CT molecular complexity index is 702. The zero-order valence-corrected chi connectivity index (χ0v) is 14.3. The molecule has 132 valence electrons. The van der Waals surface area contributed by atoms with Crippen LogP contribution in [0.1, 0.15) is 30.1 Å². The first-order valence-electron chi connectivity index (χ1n) is 9.01. The fourth-order valence-corrected chi connectivity index (χ4v) is 4.63. The van der Waals surface area contributed by atoms with Gasteiger partial charge in [0, 0.05) is 19.6 Å². The second-order valence-electron chi connectivity index (χ2n) is 7.65. The van der Waals surface area contributed by atoms with E-state index in [1.807, 2.05) is 30.3 Å². The summed E-state index contributed by atoms with van der Waals surface area (Å²) in [6.07, 6.45) is 1.05. The molecule has 0 aromatic heterocycles. The molecule has 3 atom stereocenters. The van der Waals surface area contributed by atoms with E-state index < -0.39 is 11.7 Å². The summed E-state index contributed by atoms with van der Waals surface area (Å²) < 4.78 is 0. The Balaban J connectivity index is 1.37. The molecule has 2 aliphatic rings. The molecule has 0 amide bonds. The summed E-state index contributed by atoms with van der Waals surface area (Å²) in [7, 11) is 0. The van der Waals surface area contributed by atoms with E-state index in [0.717, 1.165) is 37.1 Å². The summed E-state index contributed by atoms with van der Waals surface area (Å²) >= 11 is 0. The Kier molecular flexibility index (Phi) is 4.28. The minimum Gasteiger partial charge on any atom is -0.508 e. The van der Waals surface area contributed by atoms with E-state index in [1.54, 1.807) is 24.3 Å². The summed E-state index contributed by atoms with van der Waals surface area (Å²) in [4.78, 5) is 2.30. The van der Waals surface area contributed by atoms with Crippen molar-refractivity contribution in [1.82, 2.24) is 4.90 Å². The summed E-state index contributed by atoms with van der Waals surface area (Å²) in [6.45, 7) is 2.45. The van der Waals surface area contributed by atoms with Crippen molar-refractivity contribution in [2.75, 3.05) is 19.6 Å². The number of aliphatic hydroxyl groups is 2. The first-order chi connectivity index (χ1) is 12.0. The predicted octanol–water partition coefficient (Wildman–Crippen LogP) is 2.66. The number of aromatic hydroxyl groups is 1. The first-order valence-corrected chi connectivity index (χ1v) is 9.01. The van der Waals surface area contributed by atoms with Crippen molar-refractivity contribution >= 4 is 0 Å². The molecule has 1 heterocycles. The van der Waals surface area contributed by atoms with Crippen LogP contribution < -0.4 is 0 Å². The molecule has 2 fully saturated rings. The monoisotopic (exact) mass is 339 g/mol. The molecule has 0 radical (unpaired) electrons. The molecule has 1 saturated carbocycles. The SMILES string of the molecule is Oc1ccc(C(O)CN2CC3CC(O)(c4ccccc4)CC3C2)cc1. The van der Waals surface area contributed by atoms with Gasteiger partial charge in [0.2, 0.25) is 0 Å². The lowest BCUT2D eigenvalue weighted by Crippen LogP contribution is -2.30. The first kappa shape index (κ1) is 16.6. The fraction of sp³-hybridized carbons (Fsp3) is 0.429. The molecule has 1 saturated heterocycles. The van der Waals surface area contributed by atoms with Crippen LogP contribution in [0.2, 0.25) is 0 Å². The van der Waals surface area contributed by atoms with E-state index in [2.05, 4.69) is 4.90 Å². The maximum atomic E-state index is 11.0. The number of hydrogen-bond donors (Lipinski definition) is 3. The molecule has 0 bridgehead atoms. The third-order valence-corrected chi connectivity index (χ3v) is 5.87. The zero-order valence-electron chi connectivity index (χ0n) is 14.3. The highest BCUT2D eigenvalue weighted by Gasteiger charge is 2.49. The van der Waals surface area contributed by atoms with Crippen LogP contribution in [0.3, 0.4) is 0 Å². The van der Waals surface area contributed by atoms with Crippen molar-refractivity contribution < 1.29 is 15.3 Å². The van der Waals surface area contributed by atoms with Gasteiger partial charge in [-0.15, -0.1) is 0 Å². The van der Waals surface area contributed by atoms with Crippen LogP contribution >= 0.6 is 0 Å². The largest absolute Gasteiger partial charge is 0.508 e. The highest BCUT2D eigenvalue weighted by atomic mass is 16.3. The van der Waals surface area contributed by atoms with Crippen LogP contribution in [0, 0.1) is 11.8 Å². The van der Waals surface area contributed by atoms with Crippen molar-refractivity contribution in [1.29, 1.82) is 0 Å². The molecule has 4 heteroatoms. The van der Waals surface area contributed by atoms with E-state index >= 15 is 0 Å². The predicted molar refractivity (Wildman–Crippen MR) is 96.1 cm³/mol. The van der Waals surface area contributed by atoms with Crippen LogP contribution in [0.5, 0.6) is 5.75 Å². The summed E-state index contributed by atoms with van der Waals surface area (Å²) in [5.74, 6) is 1.18. The van der Waals surface area contributed by atoms with Crippen molar-refractivity contribution in [3.05, 3.63) is 65.7 Å². The number of benzene rings is 2. The summed E-state index contributed by atoms with van der Waals surface area (Å²) in [6, 6.07) is 16.8. The van der Waals surface area contributed by atoms with Gasteiger partial charge >= 0.3 is 0 Å². The number of hydrogen-bond acceptors (Lipinski definition) is 4. The maximum absolute atomic E-state index is 11.0. The molecule has 2 aromatic rings. The van der Waals surface area contributed by atoms with Gasteiger partial charge in [-0.2, -0.15) is 0 Å². The van der Waals surface area contributed by atoms with E-state index in [4.69, 9.17) is 0 Å². The average molecular weight is 339 g/mol. The molecular weight excluding hydrogens is 314 g/mol. The van der Waals surface area contributed by atoms with E-state index in [1.165, 1.54) is 0 Å². The van der Waals surface area contributed by atoms with Gasteiger partial charge in [0.15, 0.2) is 0 Å². The van der Waals surface area contributed by atoms with Gasteiger partial charge < -0.3 is 15.3 Å². The number of β-amino-alcohol motifs (C(OH)–C–C–N with tert-alkyl or cyclic N) is 1. The Hall–Kier alpha value is -1.88. The van der Waals surface area contributed by atoms with Crippen LogP contribution in [0.4, 0.5) is 0 Å². The molecule has 1 aliphatic heterocycles. The molecular formula is C21H25NO3. The molecule has 3 N–H and O–H groups in total. The Labute approximate surface area is 148 Å². The third kappa shape index (κ3) is 3.30. The number of phenolic OH excluding ortho intramolecular Hbond substituents is 1. The Morgan fingerprint density at radius 3 is 2.16 bits per heavy atom.